The number of benzene rings is 1. The summed E-state index contributed by atoms with van der Waals surface area (Å²) in [4.78, 5) is 0. The highest BCUT2D eigenvalue weighted by atomic mass is 19.4. The fourth-order valence-corrected chi connectivity index (χ4v) is 1.07. The van der Waals surface area contributed by atoms with E-state index in [0.717, 1.165) is 12.1 Å². The van der Waals surface area contributed by atoms with Crippen molar-refractivity contribution >= 4 is 0 Å². The van der Waals surface area contributed by atoms with Crippen LogP contribution < -0.4 is 10.5 Å². The largest absolute Gasteiger partial charge is 0.491 e. The average molecular weight is 237 g/mol. The van der Waals surface area contributed by atoms with Gasteiger partial charge in [0.2, 0.25) is 0 Å². The van der Waals surface area contributed by atoms with Gasteiger partial charge in [0.1, 0.15) is 23.7 Å². The van der Waals surface area contributed by atoms with Crippen molar-refractivity contribution < 1.29 is 22.3 Å². The molecule has 2 nitrogen and oxygen atoms in total. The molecule has 1 rings (SSSR count). The smallest absolute Gasteiger partial charge is 0.420 e. The van der Waals surface area contributed by atoms with E-state index in [2.05, 4.69) is 0 Å². The lowest BCUT2D eigenvalue weighted by Crippen LogP contribution is -2.24. The first-order chi connectivity index (χ1) is 7.30. The molecule has 0 aliphatic carbocycles. The van der Waals surface area contributed by atoms with E-state index in [1.54, 1.807) is 6.92 Å². The third-order valence-corrected chi connectivity index (χ3v) is 1.75. The summed E-state index contributed by atoms with van der Waals surface area (Å²) in [6.07, 6.45) is -4.64. The first kappa shape index (κ1) is 12.8. The molecule has 0 aliphatic heterocycles. The molecule has 0 unspecified atom stereocenters. The molecule has 6 heteroatoms. The molecule has 0 fully saturated rings. The molecular formula is C10H11F4NO. The lowest BCUT2D eigenvalue weighted by molar-refractivity contribution is -0.139. The van der Waals surface area contributed by atoms with Crippen LogP contribution >= 0.6 is 0 Å². The highest BCUT2D eigenvalue weighted by molar-refractivity contribution is 5.36. The van der Waals surface area contributed by atoms with Crippen LogP contribution in [-0.4, -0.2) is 12.6 Å². The zero-order valence-electron chi connectivity index (χ0n) is 8.51. The van der Waals surface area contributed by atoms with Crippen LogP contribution in [0.3, 0.4) is 0 Å². The second kappa shape index (κ2) is 4.69. The summed E-state index contributed by atoms with van der Waals surface area (Å²) in [6, 6.07) is 1.86. The van der Waals surface area contributed by atoms with Crippen molar-refractivity contribution in [2.24, 2.45) is 5.73 Å². The second-order valence-corrected chi connectivity index (χ2v) is 3.43. The van der Waals surface area contributed by atoms with Crippen molar-refractivity contribution in [3.63, 3.8) is 0 Å². The van der Waals surface area contributed by atoms with Gasteiger partial charge in [0.15, 0.2) is 0 Å². The van der Waals surface area contributed by atoms with Crippen LogP contribution in [0, 0.1) is 5.82 Å². The van der Waals surface area contributed by atoms with E-state index < -0.39 is 29.3 Å². The highest BCUT2D eigenvalue weighted by Crippen LogP contribution is 2.36. The van der Waals surface area contributed by atoms with Gasteiger partial charge < -0.3 is 10.5 Å². The minimum Gasteiger partial charge on any atom is -0.491 e. The molecule has 1 aromatic carbocycles. The zero-order valence-corrected chi connectivity index (χ0v) is 8.51. The molecule has 0 spiro atoms. The quantitative estimate of drug-likeness (QED) is 0.820. The van der Waals surface area contributed by atoms with Crippen LogP contribution in [0.1, 0.15) is 12.5 Å². The maximum Gasteiger partial charge on any atom is 0.420 e. The molecule has 0 radical (unpaired) electrons. The van der Waals surface area contributed by atoms with Gasteiger partial charge in [-0.3, -0.25) is 0 Å². The number of halogens is 4. The molecular weight excluding hydrogens is 226 g/mol. The Labute approximate surface area is 90.0 Å². The normalized spacial score (nSPS) is 13.6. The van der Waals surface area contributed by atoms with Gasteiger partial charge in [-0.15, -0.1) is 0 Å². The Balaban J connectivity index is 2.99. The maximum atomic E-state index is 12.7. The van der Waals surface area contributed by atoms with Crippen LogP contribution in [0.15, 0.2) is 18.2 Å². The number of alkyl halides is 3. The molecule has 0 saturated heterocycles. The van der Waals surface area contributed by atoms with Crippen molar-refractivity contribution in [3.05, 3.63) is 29.6 Å². The lowest BCUT2D eigenvalue weighted by Gasteiger charge is -2.15. The predicted octanol–water partition coefficient (Wildman–Crippen LogP) is 2.57. The van der Waals surface area contributed by atoms with E-state index in [9.17, 15) is 17.6 Å². The van der Waals surface area contributed by atoms with E-state index >= 15 is 0 Å². The van der Waals surface area contributed by atoms with Gasteiger partial charge in [-0.05, 0) is 25.1 Å². The van der Waals surface area contributed by atoms with E-state index in [4.69, 9.17) is 10.5 Å². The minimum absolute atomic E-state index is 0.0608. The van der Waals surface area contributed by atoms with Gasteiger partial charge in [0.05, 0.1) is 0 Å². The molecule has 0 saturated carbocycles. The molecule has 16 heavy (non-hydrogen) atoms. The third kappa shape index (κ3) is 3.37. The van der Waals surface area contributed by atoms with Crippen molar-refractivity contribution in [2.75, 3.05) is 6.61 Å². The molecule has 90 valence electrons. The number of ether oxygens (including phenoxy) is 1. The van der Waals surface area contributed by atoms with Gasteiger partial charge in [-0.1, -0.05) is 0 Å². The van der Waals surface area contributed by atoms with Crippen molar-refractivity contribution in [1.29, 1.82) is 0 Å². The van der Waals surface area contributed by atoms with Crippen molar-refractivity contribution in [3.8, 4) is 5.75 Å². The first-order valence-corrected chi connectivity index (χ1v) is 4.56. The first-order valence-electron chi connectivity index (χ1n) is 4.56. The van der Waals surface area contributed by atoms with Crippen molar-refractivity contribution in [1.82, 2.24) is 0 Å². The SMILES string of the molecule is C[C@H](N)COc1ccc(F)cc1C(F)(F)F. The molecule has 0 bridgehead atoms. The Bertz CT molecular complexity index is 362. The van der Waals surface area contributed by atoms with Crippen LogP contribution in [0.2, 0.25) is 0 Å². The standard InChI is InChI=1S/C10H11F4NO/c1-6(15)5-16-9-3-2-7(11)4-8(9)10(12,13)14/h2-4,6H,5,15H2,1H3/t6-/m0/s1. The van der Waals surface area contributed by atoms with E-state index in [1.807, 2.05) is 0 Å². The Morgan fingerprint density at radius 3 is 2.50 bits per heavy atom. The third-order valence-electron chi connectivity index (χ3n) is 1.75. The summed E-state index contributed by atoms with van der Waals surface area (Å²) in [6.45, 7) is 1.53. The lowest BCUT2D eigenvalue weighted by atomic mass is 10.2. The molecule has 0 aliphatic rings. The molecule has 1 aromatic rings. The fraction of sp³-hybridized carbons (Fsp3) is 0.400. The van der Waals surface area contributed by atoms with Crippen LogP contribution in [0.25, 0.3) is 0 Å². The van der Waals surface area contributed by atoms with Crippen LogP contribution in [-0.2, 0) is 6.18 Å². The number of rotatable bonds is 3. The van der Waals surface area contributed by atoms with Gasteiger partial charge in [-0.2, -0.15) is 13.2 Å². The van der Waals surface area contributed by atoms with E-state index in [0.29, 0.717) is 6.07 Å². The Morgan fingerprint density at radius 2 is 2.00 bits per heavy atom. The second-order valence-electron chi connectivity index (χ2n) is 3.43. The van der Waals surface area contributed by atoms with E-state index in [-0.39, 0.29) is 6.61 Å². The maximum absolute atomic E-state index is 12.7. The van der Waals surface area contributed by atoms with Crippen LogP contribution in [0.5, 0.6) is 5.75 Å². The van der Waals surface area contributed by atoms with Crippen molar-refractivity contribution in [2.45, 2.75) is 19.1 Å². The van der Waals surface area contributed by atoms with Crippen LogP contribution in [0.4, 0.5) is 17.6 Å². The van der Waals surface area contributed by atoms with Gasteiger partial charge in [0, 0.05) is 6.04 Å². The predicted molar refractivity (Wildman–Crippen MR) is 50.5 cm³/mol. The fourth-order valence-electron chi connectivity index (χ4n) is 1.07. The summed E-state index contributed by atoms with van der Waals surface area (Å²) < 4.78 is 55.0. The minimum atomic E-state index is -4.64. The molecule has 2 N–H and O–H groups in total. The van der Waals surface area contributed by atoms with Gasteiger partial charge >= 0.3 is 6.18 Å². The molecule has 0 amide bonds. The monoisotopic (exact) mass is 237 g/mol. The summed E-state index contributed by atoms with van der Waals surface area (Å²) in [5.74, 6) is -1.37. The Hall–Kier alpha value is -1.30. The molecule has 0 aromatic heterocycles. The average Bonchev–Trinajstić information content (AvgIpc) is 2.14. The Kier molecular flexibility index (Phi) is 3.74. The molecule has 1 atom stereocenters. The topological polar surface area (TPSA) is 35.2 Å². The number of nitrogens with two attached hydrogens (primary N) is 1. The Morgan fingerprint density at radius 1 is 1.38 bits per heavy atom. The van der Waals surface area contributed by atoms with Gasteiger partial charge in [-0.25, -0.2) is 4.39 Å². The van der Waals surface area contributed by atoms with E-state index in [1.165, 1.54) is 0 Å². The summed E-state index contributed by atoms with van der Waals surface area (Å²) >= 11 is 0. The summed E-state index contributed by atoms with van der Waals surface area (Å²) in [5.41, 5.74) is 4.22. The number of hydrogen-bond donors (Lipinski definition) is 1. The number of hydrogen-bond acceptors (Lipinski definition) is 2. The summed E-state index contributed by atoms with van der Waals surface area (Å²) in [7, 11) is 0. The highest BCUT2D eigenvalue weighted by Gasteiger charge is 2.34. The van der Waals surface area contributed by atoms with Gasteiger partial charge in [0.25, 0.3) is 0 Å². The summed E-state index contributed by atoms with van der Waals surface area (Å²) in [5, 5.41) is 0. The zero-order chi connectivity index (χ0) is 12.3. The molecule has 0 heterocycles.